The fraction of sp³-hybridized carbons (Fsp3) is 0.667. The molecular weight excluding hydrogens is 252 g/mol. The van der Waals surface area contributed by atoms with E-state index in [4.69, 9.17) is 0 Å². The molecule has 0 atom stereocenters. The highest BCUT2D eigenvalue weighted by Gasteiger charge is 2.20. The van der Waals surface area contributed by atoms with Crippen molar-refractivity contribution < 1.29 is 4.79 Å². The maximum Gasteiger partial charge on any atom is 0.272 e. The van der Waals surface area contributed by atoms with Gasteiger partial charge < -0.3 is 10.6 Å². The summed E-state index contributed by atoms with van der Waals surface area (Å²) in [4.78, 5) is 20.9. The summed E-state index contributed by atoms with van der Waals surface area (Å²) in [5.41, 5.74) is 1.12. The molecule has 110 valence electrons. The fourth-order valence-corrected chi connectivity index (χ4v) is 2.11. The van der Waals surface area contributed by atoms with Gasteiger partial charge >= 0.3 is 0 Å². The molecule has 5 heteroatoms. The van der Waals surface area contributed by atoms with Gasteiger partial charge in [-0.15, -0.1) is 0 Å². The van der Waals surface area contributed by atoms with Gasteiger partial charge in [0.25, 0.3) is 5.91 Å². The first-order valence-electron chi connectivity index (χ1n) is 7.44. The van der Waals surface area contributed by atoms with E-state index < -0.39 is 0 Å². The van der Waals surface area contributed by atoms with Crippen LogP contribution >= 0.6 is 0 Å². The summed E-state index contributed by atoms with van der Waals surface area (Å²) in [5.74, 6) is 1.70. The lowest BCUT2D eigenvalue weighted by Crippen LogP contribution is -2.27. The second-order valence-corrected chi connectivity index (χ2v) is 5.74. The molecule has 1 aromatic heterocycles. The second-order valence-electron chi connectivity index (χ2n) is 5.74. The molecule has 0 bridgehead atoms. The van der Waals surface area contributed by atoms with Gasteiger partial charge in [-0.25, -0.2) is 9.97 Å². The molecule has 1 fully saturated rings. The monoisotopic (exact) mass is 276 g/mol. The molecule has 2 rings (SSSR count). The van der Waals surface area contributed by atoms with E-state index >= 15 is 0 Å². The summed E-state index contributed by atoms with van der Waals surface area (Å²) in [7, 11) is 1.78. The zero-order valence-electron chi connectivity index (χ0n) is 12.6. The van der Waals surface area contributed by atoms with E-state index in [1.54, 1.807) is 13.2 Å². The highest BCUT2D eigenvalue weighted by Crippen LogP contribution is 2.33. The molecule has 1 heterocycles. The summed E-state index contributed by atoms with van der Waals surface area (Å²) < 4.78 is 0. The molecule has 2 N–H and O–H groups in total. The van der Waals surface area contributed by atoms with Crippen LogP contribution in [0.4, 0.5) is 5.69 Å². The molecule has 0 aliphatic heterocycles. The Morgan fingerprint density at radius 3 is 2.80 bits per heavy atom. The van der Waals surface area contributed by atoms with Crippen molar-refractivity contribution in [1.29, 1.82) is 0 Å². The standard InChI is InChI=1S/C15H24N4O/c1-10(2)14-18-9-12(16-3)13(19-14)15(20)17-8-4-5-11-6-7-11/h9-11,16H,4-8H2,1-3H3,(H,17,20). The Kier molecular flexibility index (Phi) is 4.93. The third-order valence-electron chi connectivity index (χ3n) is 3.58. The number of carbonyl (C=O) groups excluding carboxylic acids is 1. The van der Waals surface area contributed by atoms with Crippen LogP contribution in [0.1, 0.15) is 61.8 Å². The number of nitrogens with zero attached hydrogens (tertiary/aromatic N) is 2. The lowest BCUT2D eigenvalue weighted by molar-refractivity contribution is 0.0948. The van der Waals surface area contributed by atoms with Crippen LogP contribution in [0, 0.1) is 5.92 Å². The summed E-state index contributed by atoms with van der Waals surface area (Å²) >= 11 is 0. The van der Waals surface area contributed by atoms with Gasteiger partial charge in [-0.3, -0.25) is 4.79 Å². The van der Waals surface area contributed by atoms with E-state index in [0.717, 1.165) is 18.9 Å². The number of amides is 1. The smallest absolute Gasteiger partial charge is 0.272 e. The zero-order valence-corrected chi connectivity index (χ0v) is 12.6. The van der Waals surface area contributed by atoms with E-state index in [-0.39, 0.29) is 11.8 Å². The van der Waals surface area contributed by atoms with Crippen molar-refractivity contribution in [3.05, 3.63) is 17.7 Å². The van der Waals surface area contributed by atoms with E-state index in [0.29, 0.717) is 17.2 Å². The van der Waals surface area contributed by atoms with Crippen LogP contribution in [0.3, 0.4) is 0 Å². The van der Waals surface area contributed by atoms with Crippen LogP contribution in [0.2, 0.25) is 0 Å². The van der Waals surface area contributed by atoms with Crippen molar-refractivity contribution in [2.75, 3.05) is 18.9 Å². The van der Waals surface area contributed by atoms with Gasteiger partial charge in [-0.1, -0.05) is 26.7 Å². The van der Waals surface area contributed by atoms with Gasteiger partial charge in [-0.05, 0) is 18.8 Å². The van der Waals surface area contributed by atoms with Crippen molar-refractivity contribution in [2.45, 2.75) is 45.4 Å². The molecule has 0 unspecified atom stereocenters. The Balaban J connectivity index is 1.96. The maximum absolute atomic E-state index is 12.2. The minimum atomic E-state index is -0.116. The number of hydrogen-bond acceptors (Lipinski definition) is 4. The van der Waals surface area contributed by atoms with Gasteiger partial charge in [0.15, 0.2) is 5.69 Å². The molecular formula is C15H24N4O. The molecule has 5 nitrogen and oxygen atoms in total. The summed E-state index contributed by atoms with van der Waals surface area (Å²) in [6.07, 6.45) is 6.68. The SMILES string of the molecule is CNc1cnc(C(C)C)nc1C(=O)NCCCC1CC1. The van der Waals surface area contributed by atoms with Crippen LogP contribution in [-0.4, -0.2) is 29.5 Å². The first-order valence-corrected chi connectivity index (χ1v) is 7.44. The zero-order chi connectivity index (χ0) is 14.5. The molecule has 0 aromatic carbocycles. The molecule has 0 spiro atoms. The van der Waals surface area contributed by atoms with Crippen LogP contribution in [-0.2, 0) is 0 Å². The van der Waals surface area contributed by atoms with Crippen LogP contribution in [0.5, 0.6) is 0 Å². The largest absolute Gasteiger partial charge is 0.385 e. The van der Waals surface area contributed by atoms with Gasteiger partial charge in [0.1, 0.15) is 5.82 Å². The van der Waals surface area contributed by atoms with Crippen molar-refractivity contribution in [2.24, 2.45) is 5.92 Å². The highest BCUT2D eigenvalue weighted by molar-refractivity contribution is 5.97. The number of nitrogens with one attached hydrogen (secondary N) is 2. The second kappa shape index (κ2) is 6.68. The molecule has 1 amide bonds. The van der Waals surface area contributed by atoms with E-state index in [9.17, 15) is 4.79 Å². The Bertz CT molecular complexity index is 469. The number of carbonyl (C=O) groups is 1. The van der Waals surface area contributed by atoms with Crippen LogP contribution in [0.15, 0.2) is 6.20 Å². The summed E-state index contributed by atoms with van der Waals surface area (Å²) in [6.45, 7) is 4.76. The van der Waals surface area contributed by atoms with Crippen molar-refractivity contribution in [3.8, 4) is 0 Å². The van der Waals surface area contributed by atoms with Crippen LogP contribution in [0.25, 0.3) is 0 Å². The predicted molar refractivity (Wildman–Crippen MR) is 80.0 cm³/mol. The molecule has 1 aliphatic rings. The quantitative estimate of drug-likeness (QED) is 0.751. The number of aromatic nitrogens is 2. The lowest BCUT2D eigenvalue weighted by atomic mass is 10.2. The van der Waals surface area contributed by atoms with Crippen LogP contribution < -0.4 is 10.6 Å². The maximum atomic E-state index is 12.2. The van der Waals surface area contributed by atoms with Gasteiger partial charge in [0, 0.05) is 19.5 Å². The van der Waals surface area contributed by atoms with Gasteiger partial charge in [0.05, 0.1) is 11.9 Å². The Labute approximate surface area is 120 Å². The molecule has 0 radical (unpaired) electrons. The van der Waals surface area contributed by atoms with Crippen molar-refractivity contribution in [3.63, 3.8) is 0 Å². The molecule has 1 aliphatic carbocycles. The predicted octanol–water partition coefficient (Wildman–Crippen LogP) is 2.56. The minimum absolute atomic E-state index is 0.116. The summed E-state index contributed by atoms with van der Waals surface area (Å²) in [5, 5.41) is 5.93. The number of anilines is 1. The first-order chi connectivity index (χ1) is 9.61. The number of hydrogen-bond donors (Lipinski definition) is 2. The average molecular weight is 276 g/mol. The third kappa shape index (κ3) is 3.92. The van der Waals surface area contributed by atoms with Crippen molar-refractivity contribution >= 4 is 11.6 Å². The Hall–Kier alpha value is -1.65. The van der Waals surface area contributed by atoms with E-state index in [2.05, 4.69) is 20.6 Å². The van der Waals surface area contributed by atoms with E-state index in [1.807, 2.05) is 13.8 Å². The molecule has 0 saturated heterocycles. The van der Waals surface area contributed by atoms with Gasteiger partial charge in [-0.2, -0.15) is 0 Å². The molecule has 1 saturated carbocycles. The Morgan fingerprint density at radius 1 is 1.45 bits per heavy atom. The lowest BCUT2D eigenvalue weighted by Gasteiger charge is -2.11. The Morgan fingerprint density at radius 2 is 2.20 bits per heavy atom. The first kappa shape index (κ1) is 14.8. The fourth-order valence-electron chi connectivity index (χ4n) is 2.11. The topological polar surface area (TPSA) is 66.9 Å². The van der Waals surface area contributed by atoms with Crippen molar-refractivity contribution in [1.82, 2.24) is 15.3 Å². The number of rotatable bonds is 7. The molecule has 20 heavy (non-hydrogen) atoms. The van der Waals surface area contributed by atoms with Gasteiger partial charge in [0.2, 0.25) is 0 Å². The minimum Gasteiger partial charge on any atom is -0.385 e. The summed E-state index contributed by atoms with van der Waals surface area (Å²) in [6, 6.07) is 0. The molecule has 1 aromatic rings. The highest BCUT2D eigenvalue weighted by atomic mass is 16.1. The average Bonchev–Trinajstić information content (AvgIpc) is 3.26. The third-order valence-corrected chi connectivity index (χ3v) is 3.58. The normalized spacial score (nSPS) is 14.4. The van der Waals surface area contributed by atoms with E-state index in [1.165, 1.54) is 19.3 Å².